The molecule has 0 saturated heterocycles. The summed E-state index contributed by atoms with van der Waals surface area (Å²) in [4.78, 5) is 14.8. The van der Waals surface area contributed by atoms with Crippen LogP contribution < -0.4 is 4.50 Å². The van der Waals surface area contributed by atoms with Gasteiger partial charge < -0.3 is 10.0 Å². The van der Waals surface area contributed by atoms with Crippen molar-refractivity contribution in [1.82, 2.24) is 4.90 Å². The molecular weight excluding hydrogens is 378 g/mol. The molecule has 3 nitrogen and oxygen atoms in total. The van der Waals surface area contributed by atoms with Gasteiger partial charge in [0.05, 0.1) is 18.7 Å². The van der Waals surface area contributed by atoms with Crippen LogP contribution in [-0.2, 0) is 4.79 Å². The average Bonchev–Trinajstić information content (AvgIpc) is 3.00. The zero-order valence-electron chi connectivity index (χ0n) is 17.0. The van der Waals surface area contributed by atoms with Crippen molar-refractivity contribution in [3.05, 3.63) is 18.2 Å². The van der Waals surface area contributed by atoms with Crippen LogP contribution >= 0.6 is 23.1 Å². The number of nitrogens with zero attached hydrogens (tertiary/aromatic N) is 1. The van der Waals surface area contributed by atoms with Crippen LogP contribution in [0.15, 0.2) is 23.1 Å². The molecule has 26 heavy (non-hydrogen) atoms. The highest BCUT2D eigenvalue weighted by atomic mass is 32.2. The summed E-state index contributed by atoms with van der Waals surface area (Å²) < 4.78 is 2.54. The molecule has 0 spiro atoms. The normalized spacial score (nSPS) is 12.6. The zero-order valence-corrected chi connectivity index (χ0v) is 19.6. The molecule has 0 atom stereocenters. The van der Waals surface area contributed by atoms with E-state index in [2.05, 4.69) is 46.0 Å². The third-order valence-electron chi connectivity index (χ3n) is 5.59. The summed E-state index contributed by atoms with van der Waals surface area (Å²) in [6, 6.07) is 6.22. The van der Waals surface area contributed by atoms with E-state index in [9.17, 15) is 9.90 Å². The standard InChI is InChI=1S/C20H31NO2S2Si/c1-8-21(9-2)17(22)13-24-16-11-10-15-14(19(16)23)12-18(25-15)26(6,7)20(3,4)5/h10-12,23H,8-9,13H2,1-7H3. The number of benzene rings is 1. The highest BCUT2D eigenvalue weighted by Crippen LogP contribution is 2.41. The minimum Gasteiger partial charge on any atom is -0.506 e. The summed E-state index contributed by atoms with van der Waals surface area (Å²) in [5, 5.41) is 12.0. The number of hydrogen-bond acceptors (Lipinski definition) is 4. The first-order valence-corrected chi connectivity index (χ1v) is 14.0. The maximum absolute atomic E-state index is 12.2. The first kappa shape index (κ1) is 21.3. The molecule has 1 heterocycles. The lowest BCUT2D eigenvalue weighted by molar-refractivity contribution is -0.127. The van der Waals surface area contributed by atoms with E-state index in [1.807, 2.05) is 36.2 Å². The Morgan fingerprint density at radius 3 is 2.38 bits per heavy atom. The largest absolute Gasteiger partial charge is 0.506 e. The molecule has 6 heteroatoms. The van der Waals surface area contributed by atoms with Gasteiger partial charge >= 0.3 is 0 Å². The molecule has 1 N–H and O–H groups in total. The van der Waals surface area contributed by atoms with Crippen LogP contribution in [0, 0.1) is 0 Å². The van der Waals surface area contributed by atoms with E-state index >= 15 is 0 Å². The zero-order chi connectivity index (χ0) is 19.7. The molecule has 0 fully saturated rings. The second-order valence-electron chi connectivity index (χ2n) is 8.16. The lowest BCUT2D eigenvalue weighted by atomic mass is 10.2. The Morgan fingerprint density at radius 2 is 1.85 bits per heavy atom. The van der Waals surface area contributed by atoms with E-state index in [1.165, 1.54) is 16.3 Å². The van der Waals surface area contributed by atoms with Crippen molar-refractivity contribution in [2.45, 2.75) is 57.6 Å². The molecule has 0 bridgehead atoms. The van der Waals surface area contributed by atoms with Crippen molar-refractivity contribution in [2.24, 2.45) is 0 Å². The lowest BCUT2D eigenvalue weighted by Crippen LogP contribution is -2.47. The Morgan fingerprint density at radius 1 is 1.23 bits per heavy atom. The monoisotopic (exact) mass is 409 g/mol. The van der Waals surface area contributed by atoms with Crippen molar-refractivity contribution < 1.29 is 9.90 Å². The number of aromatic hydroxyl groups is 1. The van der Waals surface area contributed by atoms with Gasteiger partial charge in [-0.3, -0.25) is 4.79 Å². The van der Waals surface area contributed by atoms with E-state index in [1.54, 1.807) is 0 Å². The third kappa shape index (κ3) is 4.12. The summed E-state index contributed by atoms with van der Waals surface area (Å²) in [5.41, 5.74) is 0. The van der Waals surface area contributed by atoms with Gasteiger partial charge in [-0.2, -0.15) is 0 Å². The van der Waals surface area contributed by atoms with Gasteiger partial charge in [0.1, 0.15) is 5.75 Å². The number of thioether (sulfide) groups is 1. The molecule has 0 aliphatic carbocycles. The molecule has 1 amide bonds. The first-order chi connectivity index (χ1) is 12.0. The molecule has 1 aromatic carbocycles. The second-order valence-corrected chi connectivity index (χ2v) is 15.9. The van der Waals surface area contributed by atoms with Gasteiger partial charge in [-0.15, -0.1) is 23.1 Å². The fourth-order valence-corrected chi connectivity index (χ4v) is 7.88. The number of thiophene rings is 1. The van der Waals surface area contributed by atoms with E-state index < -0.39 is 8.07 Å². The summed E-state index contributed by atoms with van der Waals surface area (Å²) in [6.07, 6.45) is 0. The van der Waals surface area contributed by atoms with E-state index in [4.69, 9.17) is 0 Å². The van der Waals surface area contributed by atoms with Gasteiger partial charge in [0.15, 0.2) is 0 Å². The Balaban J connectivity index is 2.30. The van der Waals surface area contributed by atoms with Crippen molar-refractivity contribution in [2.75, 3.05) is 18.8 Å². The smallest absolute Gasteiger partial charge is 0.232 e. The average molecular weight is 410 g/mol. The quantitative estimate of drug-likeness (QED) is 0.521. The topological polar surface area (TPSA) is 40.5 Å². The SMILES string of the molecule is CCN(CC)C(=O)CSc1ccc2sc([Si](C)(C)C(C)(C)C)cc2c1O. The second kappa shape index (κ2) is 7.95. The highest BCUT2D eigenvalue weighted by molar-refractivity contribution is 8.00. The van der Waals surface area contributed by atoms with Crippen LogP contribution in [0.25, 0.3) is 10.1 Å². The molecule has 1 aromatic heterocycles. The summed E-state index contributed by atoms with van der Waals surface area (Å²) in [5.74, 6) is 0.799. The summed E-state index contributed by atoms with van der Waals surface area (Å²) >= 11 is 3.23. The highest BCUT2D eigenvalue weighted by Gasteiger charge is 2.38. The fraction of sp³-hybridized carbons (Fsp3) is 0.550. The van der Waals surface area contributed by atoms with Gasteiger partial charge in [0, 0.05) is 23.2 Å². The number of phenolic OH excluding ortho intramolecular Hbond substituents is 1. The third-order valence-corrected chi connectivity index (χ3v) is 14.5. The number of hydrogen-bond donors (Lipinski definition) is 1. The van der Waals surface area contributed by atoms with Crippen LogP contribution in [-0.4, -0.2) is 42.8 Å². The van der Waals surface area contributed by atoms with Crippen LogP contribution in [0.3, 0.4) is 0 Å². The molecule has 144 valence electrons. The van der Waals surface area contributed by atoms with Gasteiger partial charge in [0.25, 0.3) is 0 Å². The summed E-state index contributed by atoms with van der Waals surface area (Å²) in [7, 11) is -1.63. The Kier molecular flexibility index (Phi) is 6.51. The van der Waals surface area contributed by atoms with Gasteiger partial charge in [0.2, 0.25) is 5.91 Å². The maximum atomic E-state index is 12.2. The Labute approximate surface area is 166 Å². The summed E-state index contributed by atoms with van der Waals surface area (Å²) in [6.45, 7) is 17.1. The van der Waals surface area contributed by atoms with E-state index in [-0.39, 0.29) is 10.9 Å². The van der Waals surface area contributed by atoms with Crippen molar-refractivity contribution >= 4 is 51.7 Å². The predicted molar refractivity (Wildman–Crippen MR) is 119 cm³/mol. The van der Waals surface area contributed by atoms with Crippen molar-refractivity contribution in [3.63, 3.8) is 0 Å². The number of rotatable bonds is 6. The number of fused-ring (bicyclic) bond motifs is 1. The molecule has 0 radical (unpaired) electrons. The molecule has 2 aromatic rings. The molecule has 0 unspecified atom stereocenters. The Hall–Kier alpha value is -0.983. The molecule has 2 rings (SSSR count). The number of amides is 1. The Bertz CT molecular complexity index is 789. The fourth-order valence-electron chi connectivity index (χ4n) is 2.68. The maximum Gasteiger partial charge on any atom is 0.232 e. The number of carbonyl (C=O) groups is 1. The molecule has 0 saturated carbocycles. The molecular formula is C20H31NO2S2Si. The first-order valence-electron chi connectivity index (χ1n) is 9.19. The van der Waals surface area contributed by atoms with E-state index in [0.29, 0.717) is 11.5 Å². The van der Waals surface area contributed by atoms with Crippen LogP contribution in [0.4, 0.5) is 0 Å². The minimum atomic E-state index is -1.63. The molecule has 0 aliphatic rings. The van der Waals surface area contributed by atoms with E-state index in [0.717, 1.165) is 28.1 Å². The lowest BCUT2D eigenvalue weighted by Gasteiger charge is -2.35. The van der Waals surface area contributed by atoms with Crippen LogP contribution in [0.5, 0.6) is 5.75 Å². The van der Waals surface area contributed by atoms with Gasteiger partial charge in [-0.05, 0) is 41.6 Å². The molecule has 0 aliphatic heterocycles. The van der Waals surface area contributed by atoms with Crippen LogP contribution in [0.1, 0.15) is 34.6 Å². The van der Waals surface area contributed by atoms with Gasteiger partial charge in [-0.25, -0.2) is 0 Å². The van der Waals surface area contributed by atoms with Crippen molar-refractivity contribution in [1.29, 1.82) is 0 Å². The number of carbonyl (C=O) groups excluding carboxylic acids is 1. The minimum absolute atomic E-state index is 0.117. The van der Waals surface area contributed by atoms with Gasteiger partial charge in [-0.1, -0.05) is 33.9 Å². The number of phenols is 1. The van der Waals surface area contributed by atoms with Crippen LogP contribution in [0.2, 0.25) is 18.1 Å². The van der Waals surface area contributed by atoms with Crippen molar-refractivity contribution in [3.8, 4) is 5.75 Å². The predicted octanol–water partition coefficient (Wildman–Crippen LogP) is 5.28.